The summed E-state index contributed by atoms with van der Waals surface area (Å²) in [5, 5.41) is 9.09. The van der Waals surface area contributed by atoms with Crippen LogP contribution in [0.5, 0.6) is 0 Å². The smallest absolute Gasteiger partial charge is 0.123 e. The standard InChI is InChI=1S/C13H9FN2S/c1-8-5-11(12(7-15)13(17)16-8)9-3-2-4-10(14)6-9/h2-6H,1H3,(H,16,17). The molecule has 0 aliphatic carbocycles. The molecule has 2 nitrogen and oxygen atoms in total. The number of hydrogen-bond acceptors (Lipinski definition) is 2. The number of H-pyrrole nitrogens is 1. The molecule has 0 aliphatic heterocycles. The summed E-state index contributed by atoms with van der Waals surface area (Å²) in [5.74, 6) is -0.331. The lowest BCUT2D eigenvalue weighted by atomic mass is 10.0. The van der Waals surface area contributed by atoms with Gasteiger partial charge in [-0.15, -0.1) is 0 Å². The first-order valence-corrected chi connectivity index (χ1v) is 5.42. The monoisotopic (exact) mass is 244 g/mol. The highest BCUT2D eigenvalue weighted by Crippen LogP contribution is 2.25. The van der Waals surface area contributed by atoms with Crippen LogP contribution >= 0.6 is 12.2 Å². The van der Waals surface area contributed by atoms with Crippen molar-refractivity contribution >= 4 is 12.2 Å². The topological polar surface area (TPSA) is 39.6 Å². The first-order chi connectivity index (χ1) is 8.11. The van der Waals surface area contributed by atoms with Gasteiger partial charge >= 0.3 is 0 Å². The highest BCUT2D eigenvalue weighted by molar-refractivity contribution is 7.71. The zero-order valence-corrected chi connectivity index (χ0v) is 9.94. The van der Waals surface area contributed by atoms with Gasteiger partial charge in [-0.05, 0) is 30.7 Å². The van der Waals surface area contributed by atoms with E-state index >= 15 is 0 Å². The molecule has 4 heteroatoms. The van der Waals surface area contributed by atoms with Crippen LogP contribution in [0.4, 0.5) is 4.39 Å². The normalized spacial score (nSPS) is 9.94. The van der Waals surface area contributed by atoms with Gasteiger partial charge in [-0.25, -0.2) is 4.39 Å². The number of nitrogens with one attached hydrogen (secondary N) is 1. The molecule has 0 saturated heterocycles. The number of benzene rings is 1. The lowest BCUT2D eigenvalue weighted by molar-refractivity contribution is 0.628. The van der Waals surface area contributed by atoms with Crippen LogP contribution < -0.4 is 0 Å². The summed E-state index contributed by atoms with van der Waals surface area (Å²) in [6, 6.07) is 9.98. The van der Waals surface area contributed by atoms with E-state index in [1.807, 2.05) is 6.92 Å². The summed E-state index contributed by atoms with van der Waals surface area (Å²) >= 11 is 5.09. The van der Waals surface area contributed by atoms with E-state index in [0.29, 0.717) is 21.3 Å². The third kappa shape index (κ3) is 2.24. The summed E-state index contributed by atoms with van der Waals surface area (Å²) in [5.41, 5.74) is 2.53. The molecule has 1 heterocycles. The molecule has 0 aliphatic rings. The summed E-state index contributed by atoms with van der Waals surface area (Å²) in [4.78, 5) is 2.91. The van der Waals surface area contributed by atoms with Crippen molar-refractivity contribution in [2.45, 2.75) is 6.92 Å². The van der Waals surface area contributed by atoms with Gasteiger partial charge in [0.2, 0.25) is 0 Å². The lowest BCUT2D eigenvalue weighted by Gasteiger charge is -2.06. The summed E-state index contributed by atoms with van der Waals surface area (Å²) in [6.45, 7) is 1.85. The first kappa shape index (κ1) is 11.5. The molecule has 0 amide bonds. The van der Waals surface area contributed by atoms with E-state index in [1.54, 1.807) is 18.2 Å². The molecule has 0 spiro atoms. The van der Waals surface area contributed by atoms with Crippen LogP contribution in [-0.2, 0) is 0 Å². The number of nitrogens with zero attached hydrogens (tertiary/aromatic N) is 1. The Hall–Kier alpha value is -1.99. The van der Waals surface area contributed by atoms with E-state index in [-0.39, 0.29) is 5.82 Å². The van der Waals surface area contributed by atoms with Crippen molar-refractivity contribution < 1.29 is 4.39 Å². The van der Waals surface area contributed by atoms with Crippen LogP contribution in [0.2, 0.25) is 0 Å². The van der Waals surface area contributed by atoms with Gasteiger partial charge < -0.3 is 4.98 Å². The number of rotatable bonds is 1. The second-order valence-corrected chi connectivity index (χ2v) is 4.10. The molecule has 0 bridgehead atoms. The predicted molar refractivity (Wildman–Crippen MR) is 66.5 cm³/mol. The van der Waals surface area contributed by atoms with Gasteiger partial charge in [0.15, 0.2) is 0 Å². The maximum atomic E-state index is 13.2. The average molecular weight is 244 g/mol. The number of pyridine rings is 1. The van der Waals surface area contributed by atoms with Gasteiger partial charge in [-0.1, -0.05) is 24.4 Å². The number of hydrogen-bond donors (Lipinski definition) is 1. The number of nitriles is 1. The highest BCUT2D eigenvalue weighted by Gasteiger charge is 2.08. The largest absolute Gasteiger partial charge is 0.349 e. The zero-order chi connectivity index (χ0) is 12.4. The lowest BCUT2D eigenvalue weighted by Crippen LogP contribution is -1.92. The minimum absolute atomic E-state index is 0.331. The molecule has 0 atom stereocenters. The Morgan fingerprint density at radius 1 is 1.35 bits per heavy atom. The fourth-order valence-corrected chi connectivity index (χ4v) is 2.00. The second-order valence-electron chi connectivity index (χ2n) is 3.69. The molecule has 17 heavy (non-hydrogen) atoms. The Kier molecular flexibility index (Phi) is 3.03. The van der Waals surface area contributed by atoms with E-state index in [1.165, 1.54) is 12.1 Å². The minimum Gasteiger partial charge on any atom is -0.349 e. The molecular formula is C13H9FN2S. The SMILES string of the molecule is Cc1cc(-c2cccc(F)c2)c(C#N)c(=S)[nH]1. The number of aryl methyl sites for hydroxylation is 1. The van der Waals surface area contributed by atoms with Crippen molar-refractivity contribution in [2.24, 2.45) is 0 Å². The maximum Gasteiger partial charge on any atom is 0.123 e. The Labute approximate surface area is 103 Å². The van der Waals surface area contributed by atoms with Crippen molar-refractivity contribution in [1.29, 1.82) is 5.26 Å². The number of halogens is 1. The molecule has 84 valence electrons. The van der Waals surface area contributed by atoms with Crippen LogP contribution in [0.1, 0.15) is 11.3 Å². The molecule has 2 aromatic rings. The number of aromatic nitrogens is 1. The third-order valence-electron chi connectivity index (χ3n) is 2.42. The van der Waals surface area contributed by atoms with Gasteiger partial charge in [-0.2, -0.15) is 5.26 Å². The molecule has 0 radical (unpaired) electrons. The van der Waals surface area contributed by atoms with E-state index in [2.05, 4.69) is 11.1 Å². The first-order valence-electron chi connectivity index (χ1n) is 5.02. The van der Waals surface area contributed by atoms with E-state index in [0.717, 1.165) is 5.69 Å². The Morgan fingerprint density at radius 3 is 2.76 bits per heavy atom. The van der Waals surface area contributed by atoms with Crippen molar-refractivity contribution in [3.8, 4) is 17.2 Å². The van der Waals surface area contributed by atoms with E-state index in [9.17, 15) is 4.39 Å². The minimum atomic E-state index is -0.331. The van der Waals surface area contributed by atoms with Crippen LogP contribution in [-0.4, -0.2) is 4.98 Å². The predicted octanol–water partition coefficient (Wildman–Crippen LogP) is 3.73. The summed E-state index contributed by atoms with van der Waals surface area (Å²) < 4.78 is 13.6. The maximum absolute atomic E-state index is 13.2. The highest BCUT2D eigenvalue weighted by atomic mass is 32.1. The summed E-state index contributed by atoms with van der Waals surface area (Å²) in [6.07, 6.45) is 0. The van der Waals surface area contributed by atoms with Gasteiger partial charge in [0.1, 0.15) is 16.5 Å². The Morgan fingerprint density at radius 2 is 2.12 bits per heavy atom. The molecule has 1 aromatic heterocycles. The van der Waals surface area contributed by atoms with Crippen LogP contribution in [0.15, 0.2) is 30.3 Å². The molecule has 0 saturated carbocycles. The molecular weight excluding hydrogens is 235 g/mol. The molecule has 0 fully saturated rings. The van der Waals surface area contributed by atoms with Crippen LogP contribution in [0.25, 0.3) is 11.1 Å². The van der Waals surface area contributed by atoms with Gasteiger partial charge in [-0.3, -0.25) is 0 Å². The van der Waals surface area contributed by atoms with Crippen molar-refractivity contribution in [1.82, 2.24) is 4.98 Å². The quantitative estimate of drug-likeness (QED) is 0.776. The molecule has 1 N–H and O–H groups in total. The van der Waals surface area contributed by atoms with E-state index < -0.39 is 0 Å². The van der Waals surface area contributed by atoms with Crippen LogP contribution in [0.3, 0.4) is 0 Å². The fraction of sp³-hybridized carbons (Fsp3) is 0.0769. The second kappa shape index (κ2) is 4.48. The summed E-state index contributed by atoms with van der Waals surface area (Å²) in [7, 11) is 0. The third-order valence-corrected chi connectivity index (χ3v) is 2.72. The van der Waals surface area contributed by atoms with Gasteiger partial charge in [0.05, 0.1) is 5.56 Å². The van der Waals surface area contributed by atoms with Gasteiger partial charge in [0.25, 0.3) is 0 Å². The molecule has 0 unspecified atom stereocenters. The zero-order valence-electron chi connectivity index (χ0n) is 9.12. The average Bonchev–Trinajstić information content (AvgIpc) is 2.28. The fourth-order valence-electron chi connectivity index (χ4n) is 1.68. The Balaban J connectivity index is 2.76. The van der Waals surface area contributed by atoms with Gasteiger partial charge in [0, 0.05) is 11.3 Å². The van der Waals surface area contributed by atoms with Crippen molar-refractivity contribution in [3.63, 3.8) is 0 Å². The molecule has 2 rings (SSSR count). The molecule has 1 aromatic carbocycles. The Bertz CT molecular complexity index is 668. The van der Waals surface area contributed by atoms with Crippen LogP contribution in [0, 0.1) is 28.7 Å². The van der Waals surface area contributed by atoms with Crippen molar-refractivity contribution in [3.05, 3.63) is 52.0 Å². The van der Waals surface area contributed by atoms with Crippen molar-refractivity contribution in [2.75, 3.05) is 0 Å². The van der Waals surface area contributed by atoms with E-state index in [4.69, 9.17) is 17.5 Å². The number of aromatic amines is 1.